The van der Waals surface area contributed by atoms with Crippen molar-refractivity contribution in [2.75, 3.05) is 44.2 Å². The lowest BCUT2D eigenvalue weighted by Gasteiger charge is -2.36. The highest BCUT2D eigenvalue weighted by Crippen LogP contribution is 2.30. The zero-order valence-corrected chi connectivity index (χ0v) is 22.0. The van der Waals surface area contributed by atoms with E-state index in [4.69, 9.17) is 5.10 Å². The molecule has 0 bridgehead atoms. The van der Waals surface area contributed by atoms with Gasteiger partial charge in [0.2, 0.25) is 0 Å². The Morgan fingerprint density at radius 2 is 1.71 bits per heavy atom. The molecule has 1 saturated heterocycles. The van der Waals surface area contributed by atoms with Gasteiger partial charge in [0.1, 0.15) is 11.6 Å². The fraction of sp³-hybridized carbons (Fsp3) is 0.483. The molecule has 0 N–H and O–H groups in total. The lowest BCUT2D eigenvalue weighted by Crippen LogP contribution is -2.47. The molecule has 4 rings (SSSR count). The summed E-state index contributed by atoms with van der Waals surface area (Å²) in [5, 5.41) is 4.96. The fourth-order valence-electron chi connectivity index (χ4n) is 5.11. The number of rotatable bonds is 9. The molecule has 1 aromatic heterocycles. The van der Waals surface area contributed by atoms with Crippen LogP contribution in [0.3, 0.4) is 0 Å². The summed E-state index contributed by atoms with van der Waals surface area (Å²) in [6.07, 6.45) is 0. The Labute approximate surface area is 210 Å². The number of aromatic nitrogens is 2. The van der Waals surface area contributed by atoms with Crippen molar-refractivity contribution in [3.63, 3.8) is 0 Å². The number of nitrogens with zero attached hydrogens (tertiary/aromatic N) is 5. The fourth-order valence-corrected chi connectivity index (χ4v) is 5.11. The van der Waals surface area contributed by atoms with Crippen molar-refractivity contribution >= 4 is 5.82 Å². The number of piperazine rings is 1. The first-order chi connectivity index (χ1) is 16.8. The first kappa shape index (κ1) is 25.4. The highest BCUT2D eigenvalue weighted by Gasteiger charge is 2.26. The van der Waals surface area contributed by atoms with Crippen LogP contribution in [0.25, 0.3) is 5.69 Å². The lowest BCUT2D eigenvalue weighted by molar-refractivity contribution is 0.227. The van der Waals surface area contributed by atoms with E-state index in [0.29, 0.717) is 5.92 Å². The van der Waals surface area contributed by atoms with E-state index >= 15 is 0 Å². The third-order valence-electron chi connectivity index (χ3n) is 6.82. The van der Waals surface area contributed by atoms with Crippen LogP contribution in [0.15, 0.2) is 48.5 Å². The van der Waals surface area contributed by atoms with Gasteiger partial charge >= 0.3 is 0 Å². The van der Waals surface area contributed by atoms with Crippen LogP contribution in [0.1, 0.15) is 43.2 Å². The van der Waals surface area contributed by atoms with Crippen LogP contribution < -0.4 is 4.90 Å². The molecule has 0 spiro atoms. The average molecular weight is 478 g/mol. The Hall–Kier alpha value is -2.70. The number of aryl methyl sites for hydroxylation is 2. The highest BCUT2D eigenvalue weighted by molar-refractivity contribution is 5.56. The number of anilines is 1. The molecule has 5 nitrogen and oxygen atoms in total. The molecule has 1 aliphatic rings. The number of halogens is 1. The van der Waals surface area contributed by atoms with Gasteiger partial charge in [0.15, 0.2) is 0 Å². The predicted octanol–water partition coefficient (Wildman–Crippen LogP) is 5.43. The van der Waals surface area contributed by atoms with Gasteiger partial charge in [-0.25, -0.2) is 9.07 Å². The molecule has 0 aliphatic carbocycles. The molecule has 188 valence electrons. The number of benzene rings is 2. The van der Waals surface area contributed by atoms with Crippen LogP contribution in [0.5, 0.6) is 0 Å². The van der Waals surface area contributed by atoms with E-state index in [2.05, 4.69) is 73.6 Å². The van der Waals surface area contributed by atoms with Gasteiger partial charge in [0.05, 0.1) is 11.4 Å². The SMILES string of the molecule is CCN1CCN(c2c(CN(Cc3cccc(C)c3)CC(C)C)c(C)nn2-c2cccc(F)c2)CC1. The van der Waals surface area contributed by atoms with Crippen LogP contribution in [0.4, 0.5) is 10.2 Å². The summed E-state index contributed by atoms with van der Waals surface area (Å²) in [5.41, 5.74) is 5.66. The third-order valence-corrected chi connectivity index (χ3v) is 6.82. The van der Waals surface area contributed by atoms with Crippen LogP contribution in [-0.4, -0.2) is 58.8 Å². The van der Waals surface area contributed by atoms with E-state index in [1.165, 1.54) is 22.8 Å². The summed E-state index contributed by atoms with van der Waals surface area (Å²) < 4.78 is 16.2. The normalized spacial score (nSPS) is 14.9. The summed E-state index contributed by atoms with van der Waals surface area (Å²) in [6.45, 7) is 18.8. The summed E-state index contributed by atoms with van der Waals surface area (Å²) in [4.78, 5) is 7.46. The Morgan fingerprint density at radius 3 is 2.37 bits per heavy atom. The molecule has 0 radical (unpaired) electrons. The monoisotopic (exact) mass is 477 g/mol. The van der Waals surface area contributed by atoms with Gasteiger partial charge < -0.3 is 9.80 Å². The molecule has 1 fully saturated rings. The van der Waals surface area contributed by atoms with Crippen molar-refractivity contribution in [1.29, 1.82) is 0 Å². The number of hydrogen-bond donors (Lipinski definition) is 0. The second-order valence-corrected chi connectivity index (χ2v) is 10.3. The van der Waals surface area contributed by atoms with Gasteiger partial charge in [-0.2, -0.15) is 5.10 Å². The van der Waals surface area contributed by atoms with Crippen molar-refractivity contribution < 1.29 is 4.39 Å². The molecule has 2 heterocycles. The maximum absolute atomic E-state index is 14.2. The van der Waals surface area contributed by atoms with Gasteiger partial charge in [-0.1, -0.05) is 56.7 Å². The third kappa shape index (κ3) is 6.30. The van der Waals surface area contributed by atoms with Crippen LogP contribution >= 0.6 is 0 Å². The van der Waals surface area contributed by atoms with Gasteiger partial charge in [0, 0.05) is 51.4 Å². The smallest absolute Gasteiger partial charge is 0.137 e. The first-order valence-electron chi connectivity index (χ1n) is 12.9. The Bertz CT molecular complexity index is 1110. The zero-order valence-electron chi connectivity index (χ0n) is 22.0. The molecule has 6 heteroatoms. The van der Waals surface area contributed by atoms with Crippen molar-refractivity contribution in [1.82, 2.24) is 19.6 Å². The summed E-state index contributed by atoms with van der Waals surface area (Å²) in [6, 6.07) is 15.6. The summed E-state index contributed by atoms with van der Waals surface area (Å²) in [5.74, 6) is 1.43. The largest absolute Gasteiger partial charge is 0.354 e. The second-order valence-electron chi connectivity index (χ2n) is 10.3. The van der Waals surface area contributed by atoms with E-state index in [1.54, 1.807) is 12.1 Å². The lowest BCUT2D eigenvalue weighted by atomic mass is 10.1. The summed E-state index contributed by atoms with van der Waals surface area (Å²) in [7, 11) is 0. The van der Waals surface area contributed by atoms with Gasteiger partial charge in [-0.3, -0.25) is 4.90 Å². The van der Waals surface area contributed by atoms with Crippen LogP contribution in [-0.2, 0) is 13.1 Å². The average Bonchev–Trinajstić information content (AvgIpc) is 3.14. The Kier molecular flexibility index (Phi) is 8.24. The Morgan fingerprint density at radius 1 is 0.971 bits per heavy atom. The molecule has 0 amide bonds. The van der Waals surface area contributed by atoms with Gasteiger partial charge in [-0.05, 0) is 50.1 Å². The minimum atomic E-state index is -0.236. The van der Waals surface area contributed by atoms with E-state index in [9.17, 15) is 4.39 Å². The molecule has 35 heavy (non-hydrogen) atoms. The van der Waals surface area contributed by atoms with E-state index in [-0.39, 0.29) is 5.82 Å². The minimum Gasteiger partial charge on any atom is -0.354 e. The zero-order chi connectivity index (χ0) is 24.9. The van der Waals surface area contributed by atoms with E-state index in [0.717, 1.165) is 69.6 Å². The molecule has 2 aromatic carbocycles. The van der Waals surface area contributed by atoms with Crippen molar-refractivity contribution in [2.24, 2.45) is 5.92 Å². The van der Waals surface area contributed by atoms with Crippen molar-refractivity contribution in [2.45, 2.75) is 47.7 Å². The molecular weight excluding hydrogens is 437 g/mol. The molecule has 0 atom stereocenters. The van der Waals surface area contributed by atoms with Crippen molar-refractivity contribution in [3.8, 4) is 5.69 Å². The van der Waals surface area contributed by atoms with E-state index in [1.807, 2.05) is 10.7 Å². The highest BCUT2D eigenvalue weighted by atomic mass is 19.1. The molecule has 0 saturated carbocycles. The molecular formula is C29H40FN5. The number of hydrogen-bond acceptors (Lipinski definition) is 4. The first-order valence-corrected chi connectivity index (χ1v) is 12.9. The van der Waals surface area contributed by atoms with Crippen LogP contribution in [0, 0.1) is 25.6 Å². The second kappa shape index (κ2) is 11.4. The maximum Gasteiger partial charge on any atom is 0.137 e. The molecule has 1 aliphatic heterocycles. The van der Waals surface area contributed by atoms with Gasteiger partial charge in [-0.15, -0.1) is 0 Å². The quantitative estimate of drug-likeness (QED) is 0.411. The predicted molar refractivity (Wildman–Crippen MR) is 143 cm³/mol. The van der Waals surface area contributed by atoms with E-state index < -0.39 is 0 Å². The van der Waals surface area contributed by atoms with Crippen molar-refractivity contribution in [3.05, 3.63) is 76.7 Å². The topological polar surface area (TPSA) is 27.5 Å². The van der Waals surface area contributed by atoms with Gasteiger partial charge in [0.25, 0.3) is 0 Å². The molecule has 0 unspecified atom stereocenters. The maximum atomic E-state index is 14.2. The Balaban J connectivity index is 1.71. The minimum absolute atomic E-state index is 0.236. The van der Waals surface area contributed by atoms with Crippen LogP contribution in [0.2, 0.25) is 0 Å². The number of likely N-dealkylation sites (N-methyl/N-ethyl adjacent to an activating group) is 1. The summed E-state index contributed by atoms with van der Waals surface area (Å²) >= 11 is 0. The standard InChI is InChI=1S/C29H40FN5/c1-6-32-13-15-34(16-14-32)29-28(24(5)31-35(29)27-12-8-11-26(30)18-27)21-33(19-22(2)3)20-25-10-7-9-23(4)17-25/h7-12,17-18,22H,6,13-16,19-21H2,1-5H3. The molecule has 3 aromatic rings.